The van der Waals surface area contributed by atoms with Crippen molar-refractivity contribution in [2.24, 2.45) is 5.92 Å². The summed E-state index contributed by atoms with van der Waals surface area (Å²) in [7, 11) is 0. The van der Waals surface area contributed by atoms with Crippen molar-refractivity contribution in [2.45, 2.75) is 19.9 Å². The van der Waals surface area contributed by atoms with Crippen LogP contribution in [0.15, 0.2) is 48.5 Å². The molecule has 0 radical (unpaired) electrons. The van der Waals surface area contributed by atoms with E-state index < -0.39 is 0 Å². The Hall–Kier alpha value is -0.740. The Morgan fingerprint density at radius 2 is 1.74 bits per heavy atom. The highest BCUT2D eigenvalue weighted by molar-refractivity contribution is 14.1. The lowest BCUT2D eigenvalue weighted by molar-refractivity contribution is 0.546. The maximum Gasteiger partial charge on any atom is 0.0648 e. The van der Waals surface area contributed by atoms with Gasteiger partial charge in [0.05, 0.1) is 16.8 Å². The number of anilines is 1. The second-order valence-electron chi connectivity index (χ2n) is 4.90. The molecule has 100 valence electrons. The summed E-state index contributed by atoms with van der Waals surface area (Å²) in [4.78, 5) is 0. The molecule has 3 heteroatoms. The Morgan fingerprint density at radius 3 is 2.32 bits per heavy atom. The van der Waals surface area contributed by atoms with Crippen LogP contribution >= 0.6 is 34.2 Å². The predicted octanol–water partition coefficient (Wildman–Crippen LogP) is 5.75. The Bertz CT molecular complexity index is 540. The third kappa shape index (κ3) is 3.86. The molecule has 2 rings (SSSR count). The number of nitrogens with one attached hydrogen (secondary N) is 1. The zero-order valence-electron chi connectivity index (χ0n) is 11.0. The lowest BCUT2D eigenvalue weighted by Crippen LogP contribution is -2.17. The summed E-state index contributed by atoms with van der Waals surface area (Å²) in [6.45, 7) is 4.43. The smallest absolute Gasteiger partial charge is 0.0648 e. The number of rotatable bonds is 4. The topological polar surface area (TPSA) is 12.0 Å². The molecule has 2 aromatic carbocycles. The summed E-state index contributed by atoms with van der Waals surface area (Å²) in [5, 5.41) is 4.33. The molecule has 1 atom stereocenters. The van der Waals surface area contributed by atoms with Gasteiger partial charge in [-0.3, -0.25) is 0 Å². The van der Waals surface area contributed by atoms with E-state index in [1.165, 1.54) is 5.56 Å². The van der Waals surface area contributed by atoms with Gasteiger partial charge in [-0.25, -0.2) is 0 Å². The van der Waals surface area contributed by atoms with Crippen molar-refractivity contribution >= 4 is 39.9 Å². The van der Waals surface area contributed by atoms with Crippen molar-refractivity contribution in [3.8, 4) is 0 Å². The molecule has 0 aliphatic rings. The van der Waals surface area contributed by atoms with Gasteiger partial charge >= 0.3 is 0 Å². The van der Waals surface area contributed by atoms with E-state index in [-0.39, 0.29) is 6.04 Å². The van der Waals surface area contributed by atoms with Gasteiger partial charge in [0, 0.05) is 3.57 Å². The van der Waals surface area contributed by atoms with Crippen LogP contribution in [0.5, 0.6) is 0 Å². The van der Waals surface area contributed by atoms with Crippen LogP contribution in [-0.2, 0) is 0 Å². The minimum Gasteiger partial charge on any atom is -0.377 e. The monoisotopic (exact) mass is 385 g/mol. The number of hydrogen-bond acceptors (Lipinski definition) is 1. The Morgan fingerprint density at radius 1 is 1.05 bits per heavy atom. The molecule has 0 saturated heterocycles. The number of benzene rings is 2. The summed E-state index contributed by atoms with van der Waals surface area (Å²) < 4.78 is 1.15. The van der Waals surface area contributed by atoms with Crippen molar-refractivity contribution in [3.63, 3.8) is 0 Å². The summed E-state index contributed by atoms with van der Waals surface area (Å²) >= 11 is 8.57. The van der Waals surface area contributed by atoms with Gasteiger partial charge in [0.25, 0.3) is 0 Å². The SMILES string of the molecule is CC(C)C(Nc1ccc(I)cc1Cl)c1ccccc1. The van der Waals surface area contributed by atoms with E-state index >= 15 is 0 Å². The quantitative estimate of drug-likeness (QED) is 0.660. The van der Waals surface area contributed by atoms with Crippen molar-refractivity contribution in [3.05, 3.63) is 62.7 Å². The molecular formula is C16H17ClIN. The van der Waals surface area contributed by atoms with E-state index in [4.69, 9.17) is 11.6 Å². The summed E-state index contributed by atoms with van der Waals surface area (Å²) in [6.07, 6.45) is 0. The molecule has 1 N–H and O–H groups in total. The van der Waals surface area contributed by atoms with Crippen molar-refractivity contribution in [1.82, 2.24) is 0 Å². The summed E-state index contributed by atoms with van der Waals surface area (Å²) in [6, 6.07) is 16.8. The Balaban J connectivity index is 2.27. The predicted molar refractivity (Wildman–Crippen MR) is 91.8 cm³/mol. The average molecular weight is 386 g/mol. The van der Waals surface area contributed by atoms with Crippen LogP contribution < -0.4 is 5.32 Å². The molecule has 19 heavy (non-hydrogen) atoms. The van der Waals surface area contributed by atoms with Crippen molar-refractivity contribution < 1.29 is 0 Å². The van der Waals surface area contributed by atoms with E-state index in [0.29, 0.717) is 5.92 Å². The molecule has 0 spiro atoms. The average Bonchev–Trinajstić information content (AvgIpc) is 2.38. The van der Waals surface area contributed by atoms with Crippen LogP contribution in [0.3, 0.4) is 0 Å². The van der Waals surface area contributed by atoms with Crippen LogP contribution in [0.25, 0.3) is 0 Å². The first-order valence-corrected chi connectivity index (χ1v) is 7.80. The maximum atomic E-state index is 6.30. The minimum atomic E-state index is 0.263. The third-order valence-corrected chi connectivity index (χ3v) is 4.05. The van der Waals surface area contributed by atoms with Gasteiger partial charge in [-0.1, -0.05) is 55.8 Å². The van der Waals surface area contributed by atoms with E-state index in [9.17, 15) is 0 Å². The molecule has 0 saturated carbocycles. The second kappa shape index (κ2) is 6.62. The Kier molecular flexibility index (Phi) is 5.11. The molecule has 0 aliphatic heterocycles. The van der Waals surface area contributed by atoms with Gasteiger partial charge in [-0.2, -0.15) is 0 Å². The summed E-state index contributed by atoms with van der Waals surface area (Å²) in [5.74, 6) is 0.484. The minimum absolute atomic E-state index is 0.263. The molecule has 1 unspecified atom stereocenters. The highest BCUT2D eigenvalue weighted by Gasteiger charge is 2.16. The molecule has 0 amide bonds. The molecule has 2 aromatic rings. The van der Waals surface area contributed by atoms with Gasteiger partial charge in [0.2, 0.25) is 0 Å². The second-order valence-corrected chi connectivity index (χ2v) is 6.55. The van der Waals surface area contributed by atoms with Gasteiger partial charge in [-0.05, 0) is 52.3 Å². The van der Waals surface area contributed by atoms with Crippen molar-refractivity contribution in [2.75, 3.05) is 5.32 Å². The molecule has 0 bridgehead atoms. The highest BCUT2D eigenvalue weighted by Crippen LogP contribution is 2.31. The zero-order valence-corrected chi connectivity index (χ0v) is 13.9. The number of hydrogen-bond donors (Lipinski definition) is 1. The van der Waals surface area contributed by atoms with E-state index in [2.05, 4.69) is 72.1 Å². The highest BCUT2D eigenvalue weighted by atomic mass is 127. The van der Waals surface area contributed by atoms with Crippen LogP contribution in [0, 0.1) is 9.49 Å². The largest absolute Gasteiger partial charge is 0.377 e. The summed E-state index contributed by atoms with van der Waals surface area (Å²) in [5.41, 5.74) is 2.27. The van der Waals surface area contributed by atoms with Crippen LogP contribution in [-0.4, -0.2) is 0 Å². The van der Waals surface area contributed by atoms with Crippen LogP contribution in [0.2, 0.25) is 5.02 Å². The lowest BCUT2D eigenvalue weighted by atomic mass is 9.96. The molecule has 0 aromatic heterocycles. The first-order chi connectivity index (χ1) is 9.08. The fourth-order valence-electron chi connectivity index (χ4n) is 2.07. The van der Waals surface area contributed by atoms with E-state index in [1.54, 1.807) is 0 Å². The number of halogens is 2. The third-order valence-electron chi connectivity index (χ3n) is 3.07. The first-order valence-electron chi connectivity index (χ1n) is 6.34. The van der Waals surface area contributed by atoms with Crippen LogP contribution in [0.1, 0.15) is 25.5 Å². The fourth-order valence-corrected chi connectivity index (χ4v) is 2.98. The molecule has 0 fully saturated rings. The molecular weight excluding hydrogens is 369 g/mol. The maximum absolute atomic E-state index is 6.30. The normalized spacial score (nSPS) is 12.5. The van der Waals surface area contributed by atoms with Gasteiger partial charge < -0.3 is 5.32 Å². The van der Waals surface area contributed by atoms with Crippen molar-refractivity contribution in [1.29, 1.82) is 0 Å². The molecule has 0 aliphatic carbocycles. The zero-order chi connectivity index (χ0) is 13.8. The van der Waals surface area contributed by atoms with E-state index in [0.717, 1.165) is 14.3 Å². The van der Waals surface area contributed by atoms with Gasteiger partial charge in [0.15, 0.2) is 0 Å². The van der Waals surface area contributed by atoms with Gasteiger partial charge in [0.1, 0.15) is 0 Å². The molecule has 0 heterocycles. The fraction of sp³-hybridized carbons (Fsp3) is 0.250. The lowest BCUT2D eigenvalue weighted by Gasteiger charge is -2.24. The van der Waals surface area contributed by atoms with Gasteiger partial charge in [-0.15, -0.1) is 0 Å². The standard InChI is InChI=1S/C16H17ClIN/c1-11(2)16(12-6-4-3-5-7-12)19-15-9-8-13(18)10-14(15)17/h3-11,16,19H,1-2H3. The Labute approximate surface area is 133 Å². The van der Waals surface area contributed by atoms with E-state index in [1.807, 2.05) is 18.2 Å². The first kappa shape index (κ1) is 14.7. The molecule has 1 nitrogen and oxygen atoms in total. The van der Waals surface area contributed by atoms with Crippen LogP contribution in [0.4, 0.5) is 5.69 Å².